The maximum Gasteiger partial charge on any atom is 0.251 e. The SMILES string of the molecule is Cn1cncc1-c1nc(CCN)cc(=O)[nH]1. The van der Waals surface area contributed by atoms with Crippen LogP contribution in [0.5, 0.6) is 0 Å². The average Bonchev–Trinajstić information content (AvgIpc) is 2.64. The van der Waals surface area contributed by atoms with E-state index in [0.717, 1.165) is 5.69 Å². The van der Waals surface area contributed by atoms with Crippen LogP contribution in [0.4, 0.5) is 0 Å². The molecule has 0 amide bonds. The highest BCUT2D eigenvalue weighted by Crippen LogP contribution is 2.11. The minimum Gasteiger partial charge on any atom is -0.331 e. The first-order chi connectivity index (χ1) is 7.70. The average molecular weight is 219 g/mol. The Labute approximate surface area is 92.2 Å². The van der Waals surface area contributed by atoms with E-state index in [9.17, 15) is 4.79 Å². The Kier molecular flexibility index (Phi) is 2.82. The number of hydrogen-bond acceptors (Lipinski definition) is 4. The van der Waals surface area contributed by atoms with Gasteiger partial charge in [0.15, 0.2) is 5.82 Å². The number of nitrogens with one attached hydrogen (secondary N) is 1. The van der Waals surface area contributed by atoms with E-state index >= 15 is 0 Å². The molecule has 2 aromatic heterocycles. The molecule has 6 nitrogen and oxygen atoms in total. The van der Waals surface area contributed by atoms with Crippen LogP contribution in [0.25, 0.3) is 11.5 Å². The van der Waals surface area contributed by atoms with Crippen molar-refractivity contribution < 1.29 is 0 Å². The molecule has 0 radical (unpaired) electrons. The molecule has 0 saturated heterocycles. The Morgan fingerprint density at radius 2 is 2.38 bits per heavy atom. The summed E-state index contributed by atoms with van der Waals surface area (Å²) in [6, 6.07) is 1.47. The van der Waals surface area contributed by atoms with Gasteiger partial charge in [-0.25, -0.2) is 9.97 Å². The number of nitrogens with two attached hydrogens (primary N) is 1. The lowest BCUT2D eigenvalue weighted by atomic mass is 10.3. The first-order valence-corrected chi connectivity index (χ1v) is 4.97. The molecule has 3 N–H and O–H groups in total. The molecule has 6 heteroatoms. The van der Waals surface area contributed by atoms with Crippen LogP contribution in [0.3, 0.4) is 0 Å². The Hall–Kier alpha value is -1.95. The van der Waals surface area contributed by atoms with E-state index in [4.69, 9.17) is 5.73 Å². The third-order valence-corrected chi connectivity index (χ3v) is 2.25. The number of hydrogen-bond donors (Lipinski definition) is 2. The number of aromatic nitrogens is 4. The van der Waals surface area contributed by atoms with Crippen molar-refractivity contribution in [3.05, 3.63) is 34.6 Å². The maximum absolute atomic E-state index is 11.4. The van der Waals surface area contributed by atoms with Gasteiger partial charge in [-0.3, -0.25) is 4.79 Å². The highest BCUT2D eigenvalue weighted by atomic mass is 16.1. The second kappa shape index (κ2) is 4.28. The van der Waals surface area contributed by atoms with Gasteiger partial charge in [-0.1, -0.05) is 0 Å². The molecule has 0 aliphatic heterocycles. The van der Waals surface area contributed by atoms with Crippen LogP contribution in [0.1, 0.15) is 5.69 Å². The van der Waals surface area contributed by atoms with Crippen molar-refractivity contribution in [3.8, 4) is 11.5 Å². The van der Waals surface area contributed by atoms with Crippen LogP contribution in [0.15, 0.2) is 23.4 Å². The third kappa shape index (κ3) is 2.01. The summed E-state index contributed by atoms with van der Waals surface area (Å²) >= 11 is 0. The zero-order valence-corrected chi connectivity index (χ0v) is 8.97. The molecule has 0 bridgehead atoms. The van der Waals surface area contributed by atoms with Crippen LogP contribution in [0, 0.1) is 0 Å². The third-order valence-electron chi connectivity index (χ3n) is 2.25. The quantitative estimate of drug-likeness (QED) is 0.739. The van der Waals surface area contributed by atoms with Gasteiger partial charge in [0.1, 0.15) is 5.69 Å². The molecule has 0 saturated carbocycles. The molecule has 16 heavy (non-hydrogen) atoms. The second-order valence-electron chi connectivity index (χ2n) is 3.51. The maximum atomic E-state index is 11.4. The normalized spacial score (nSPS) is 10.6. The van der Waals surface area contributed by atoms with Crippen molar-refractivity contribution in [2.75, 3.05) is 6.54 Å². The fraction of sp³-hybridized carbons (Fsp3) is 0.300. The molecule has 0 spiro atoms. The van der Waals surface area contributed by atoms with E-state index in [2.05, 4.69) is 15.0 Å². The lowest BCUT2D eigenvalue weighted by Gasteiger charge is -2.03. The van der Waals surface area contributed by atoms with Crippen LogP contribution in [0.2, 0.25) is 0 Å². The van der Waals surface area contributed by atoms with Crippen LogP contribution >= 0.6 is 0 Å². The summed E-state index contributed by atoms with van der Waals surface area (Å²) in [5.41, 5.74) is 6.74. The van der Waals surface area contributed by atoms with Gasteiger partial charge in [0.25, 0.3) is 5.56 Å². The van der Waals surface area contributed by atoms with E-state index in [1.54, 1.807) is 17.1 Å². The number of aryl methyl sites for hydroxylation is 1. The molecule has 0 unspecified atom stereocenters. The largest absolute Gasteiger partial charge is 0.331 e. The molecular weight excluding hydrogens is 206 g/mol. The fourth-order valence-electron chi connectivity index (χ4n) is 1.49. The predicted molar refractivity (Wildman–Crippen MR) is 59.8 cm³/mol. The van der Waals surface area contributed by atoms with Gasteiger partial charge in [-0.15, -0.1) is 0 Å². The smallest absolute Gasteiger partial charge is 0.251 e. The predicted octanol–water partition coefficient (Wildman–Crippen LogP) is -0.328. The van der Waals surface area contributed by atoms with Crippen molar-refractivity contribution in [1.82, 2.24) is 19.5 Å². The van der Waals surface area contributed by atoms with E-state index in [-0.39, 0.29) is 5.56 Å². The minimum atomic E-state index is -0.172. The van der Waals surface area contributed by atoms with Gasteiger partial charge in [0.05, 0.1) is 12.5 Å². The Balaban J connectivity index is 2.49. The molecule has 84 valence electrons. The molecule has 2 aromatic rings. The molecule has 0 aliphatic carbocycles. The zero-order chi connectivity index (χ0) is 11.5. The Bertz CT molecular complexity index is 542. The number of H-pyrrole nitrogens is 1. The molecule has 0 aliphatic rings. The van der Waals surface area contributed by atoms with Gasteiger partial charge in [-0.2, -0.15) is 0 Å². The van der Waals surface area contributed by atoms with Gasteiger partial charge < -0.3 is 15.3 Å². The van der Waals surface area contributed by atoms with Crippen LogP contribution < -0.4 is 11.3 Å². The van der Waals surface area contributed by atoms with Gasteiger partial charge >= 0.3 is 0 Å². The fourth-order valence-corrected chi connectivity index (χ4v) is 1.49. The highest BCUT2D eigenvalue weighted by molar-refractivity contribution is 5.48. The lowest BCUT2D eigenvalue weighted by molar-refractivity contribution is 0.878. The molecular formula is C10H13N5O. The van der Waals surface area contributed by atoms with Crippen LogP contribution in [-0.4, -0.2) is 26.1 Å². The standard InChI is InChI=1S/C10H13N5O/c1-15-6-12-5-8(15)10-13-7(2-3-11)4-9(16)14-10/h4-6H,2-3,11H2,1H3,(H,13,14,16). The molecule has 0 fully saturated rings. The summed E-state index contributed by atoms with van der Waals surface area (Å²) in [4.78, 5) is 22.4. The topological polar surface area (TPSA) is 89.6 Å². The van der Waals surface area contributed by atoms with Crippen molar-refractivity contribution >= 4 is 0 Å². The number of aromatic amines is 1. The zero-order valence-electron chi connectivity index (χ0n) is 8.97. The molecule has 0 aromatic carbocycles. The Morgan fingerprint density at radius 1 is 1.56 bits per heavy atom. The van der Waals surface area contributed by atoms with Crippen molar-refractivity contribution in [3.63, 3.8) is 0 Å². The second-order valence-corrected chi connectivity index (χ2v) is 3.51. The van der Waals surface area contributed by atoms with E-state index in [0.29, 0.717) is 24.5 Å². The van der Waals surface area contributed by atoms with Crippen molar-refractivity contribution in [2.24, 2.45) is 12.8 Å². The van der Waals surface area contributed by atoms with E-state index in [1.165, 1.54) is 6.07 Å². The summed E-state index contributed by atoms with van der Waals surface area (Å²) in [7, 11) is 1.85. The van der Waals surface area contributed by atoms with Gasteiger partial charge in [0.2, 0.25) is 0 Å². The van der Waals surface area contributed by atoms with E-state index < -0.39 is 0 Å². The number of nitrogens with zero attached hydrogens (tertiary/aromatic N) is 3. The first kappa shape index (κ1) is 10.6. The summed E-state index contributed by atoms with van der Waals surface area (Å²) in [6.07, 6.45) is 3.91. The number of rotatable bonds is 3. The highest BCUT2D eigenvalue weighted by Gasteiger charge is 2.06. The van der Waals surface area contributed by atoms with Gasteiger partial charge in [0, 0.05) is 25.2 Å². The number of imidazole rings is 1. The summed E-state index contributed by atoms with van der Waals surface area (Å²) in [5.74, 6) is 0.524. The summed E-state index contributed by atoms with van der Waals surface area (Å²) in [6.45, 7) is 0.473. The molecule has 2 rings (SSSR count). The first-order valence-electron chi connectivity index (χ1n) is 4.97. The minimum absolute atomic E-state index is 0.172. The monoisotopic (exact) mass is 219 g/mol. The van der Waals surface area contributed by atoms with E-state index in [1.807, 2.05) is 7.05 Å². The Morgan fingerprint density at radius 3 is 3.00 bits per heavy atom. The molecule has 2 heterocycles. The summed E-state index contributed by atoms with van der Waals surface area (Å²) < 4.78 is 1.80. The van der Waals surface area contributed by atoms with Gasteiger partial charge in [-0.05, 0) is 6.54 Å². The van der Waals surface area contributed by atoms with Crippen LogP contribution in [-0.2, 0) is 13.5 Å². The van der Waals surface area contributed by atoms with Crippen molar-refractivity contribution in [2.45, 2.75) is 6.42 Å². The lowest BCUT2D eigenvalue weighted by Crippen LogP contribution is -2.14. The summed E-state index contributed by atoms with van der Waals surface area (Å²) in [5, 5.41) is 0. The van der Waals surface area contributed by atoms with Crippen molar-refractivity contribution in [1.29, 1.82) is 0 Å². The molecule has 0 atom stereocenters.